The minimum Gasteiger partial charge on any atom is -0.507 e. The number of phenolic OH excluding ortho intramolecular Hbond substituents is 3. The van der Waals surface area contributed by atoms with E-state index < -0.39 is 330 Å². The second kappa shape index (κ2) is 49.5. The summed E-state index contributed by atoms with van der Waals surface area (Å²) in [5.41, 5.74) is -0.0693. The number of aliphatic hydroxyl groups is 6. The maximum atomic E-state index is 16.6. The van der Waals surface area contributed by atoms with E-state index in [1.165, 1.54) is 44.5 Å². The number of amides is 8. The molecule has 7 aliphatic rings. The quantitative estimate of drug-likeness (QED) is 0.00850. The first kappa shape index (κ1) is 112. The summed E-state index contributed by atoms with van der Waals surface area (Å²) in [4.78, 5) is 198. The third-order valence-electron chi connectivity index (χ3n) is 24.9. The molecule has 11 bridgehead atoms. The number of rotatable bonds is 38. The average molecular weight is 2080 g/mol. The number of aliphatic hydroxyl groups excluding tert-OH is 6. The number of benzene rings is 6. The molecule has 25 N–H and O–H groups in total. The first-order valence-corrected chi connectivity index (χ1v) is 50.2. The highest BCUT2D eigenvalue weighted by atomic mass is 35.5. The molecule has 0 aromatic heterocycles. The van der Waals surface area contributed by atoms with Gasteiger partial charge in [-0.15, -0.1) is 0 Å². The molecule has 0 radical (unpaired) electrons. The van der Waals surface area contributed by atoms with Crippen molar-refractivity contribution in [3.05, 3.63) is 146 Å². The lowest BCUT2D eigenvalue weighted by atomic mass is 9.85. The van der Waals surface area contributed by atoms with E-state index in [1.807, 2.05) is 0 Å². The molecule has 0 spiro atoms. The first-order chi connectivity index (χ1) is 67.6. The molecule has 18 atom stereocenters. The van der Waals surface area contributed by atoms with Crippen molar-refractivity contribution < 1.29 is 170 Å². The zero-order chi connectivity index (χ0) is 105. The molecule has 780 valence electrons. The predicted octanol–water partition coefficient (Wildman–Crippen LogP) is 4.17. The maximum absolute atomic E-state index is 16.6. The Morgan fingerprint density at radius 3 is 1.90 bits per heavy atom. The van der Waals surface area contributed by atoms with Gasteiger partial charge in [-0.3, -0.25) is 52.4 Å². The number of ether oxygens (including phenoxy) is 8. The van der Waals surface area contributed by atoms with Crippen molar-refractivity contribution in [1.29, 1.82) is 0 Å². The summed E-state index contributed by atoms with van der Waals surface area (Å²) < 4.78 is 73.8. The Labute approximate surface area is 829 Å². The molecule has 6 aromatic rings. The van der Waals surface area contributed by atoms with E-state index in [0.29, 0.717) is 24.1 Å². The predicted molar refractivity (Wildman–Crippen MR) is 504 cm³/mol. The minimum absolute atomic E-state index is 0.146. The Hall–Kier alpha value is -11.3. The number of fused-ring (bicyclic) bond motifs is 15. The molecule has 8 amide bonds. The molecule has 0 saturated carbocycles. The number of unbranched alkanes of at least 4 members (excludes halogenated alkanes) is 7. The standard InChI is InChI=1S/C93H119Cl2N11O35P2/c1-7-8-9-10-11-12-13-14-27-98-28-29-99-93(5)40-68(135-45(4)83(93)118)140-82-80(117)79(116)65(42-108)139-91(82)141-81-63-36-50-37-64(81)138-62-24-19-49(35-56(62)95)77(114)75-89(124)103-73(90(125)126)53-38-60(110)54(41-106(30-31-107)92(127)134-43-46-15-20-51(21-16-46)136-67(112)25-26-69(142(128,129)130)143(131,132)133)78(115)70(53)52-33-47(17-22-59(52)109)71(86(121)105-75)102-87(122)72(50)101-85(120)58(39-66(96)111)100-88(123)74(104-84(119)57(97-6)32-44(2)3)76(113)48-18-23-61(137-63)55(94)34-48/h15-24,31,33-38,44-45,57-58,65,68-69,71-77,79-80,82-83,91,97-99,108-110,113-118H,7-14,25-30,32,39-43H2,1-6H3,(H2,96,111)(H,100,123)(H,101,120)(H,102,122)(H,103,124)(H,104,119)(H,105,121)(H,125,126)(H2,128,129,130)(H2,131,132,133)/t45?,57?,58?,65?,68?,71?,72?,73-,74?,75?,76+,77-,79?,80?,82?,83?,91?,93?/m1/s1. The number of hydrogen-bond acceptors (Lipinski definition) is 33. The van der Waals surface area contributed by atoms with Crippen LogP contribution in [-0.2, 0) is 89.2 Å². The van der Waals surface area contributed by atoms with E-state index in [4.69, 9.17) is 66.8 Å². The summed E-state index contributed by atoms with van der Waals surface area (Å²) >= 11 is 14.4. The summed E-state index contributed by atoms with van der Waals surface area (Å²) in [6.07, 6.45) is -13.2. The molecule has 50 heteroatoms. The third-order valence-corrected chi connectivity index (χ3v) is 29.3. The maximum Gasteiger partial charge on any atom is 0.410 e. The van der Waals surface area contributed by atoms with Crippen LogP contribution in [0, 0.1) is 5.92 Å². The normalized spacial score (nSPS) is 24.4. The lowest BCUT2D eigenvalue weighted by Crippen LogP contribution is -2.65. The molecule has 143 heavy (non-hydrogen) atoms. The van der Waals surface area contributed by atoms with Gasteiger partial charge in [-0.2, -0.15) is 0 Å². The molecule has 7 heterocycles. The number of phenols is 3. The summed E-state index contributed by atoms with van der Waals surface area (Å²) in [6.45, 7) is 6.94. The van der Waals surface area contributed by atoms with Gasteiger partial charge in [-0.05, 0) is 147 Å². The van der Waals surface area contributed by atoms with E-state index in [9.17, 15) is 109 Å². The topological polar surface area (TPSA) is 717 Å². The van der Waals surface area contributed by atoms with Gasteiger partial charge in [-0.25, -0.2) is 9.59 Å². The highest BCUT2D eigenvalue weighted by Gasteiger charge is 2.53. The van der Waals surface area contributed by atoms with Crippen LogP contribution in [0.5, 0.6) is 51.7 Å². The van der Waals surface area contributed by atoms with E-state index >= 15 is 24.0 Å². The van der Waals surface area contributed by atoms with Crippen LogP contribution < -0.4 is 72.5 Å². The number of carboxylic acids is 1. The molecule has 15 unspecified atom stereocenters. The summed E-state index contributed by atoms with van der Waals surface area (Å²) in [7, 11) is -9.34. The van der Waals surface area contributed by atoms with Gasteiger partial charge in [0.05, 0.1) is 60.0 Å². The lowest BCUT2D eigenvalue weighted by molar-refractivity contribution is -0.334. The number of aliphatic carboxylic acids is 1. The van der Waals surface area contributed by atoms with Crippen LogP contribution in [0.25, 0.3) is 11.1 Å². The van der Waals surface area contributed by atoms with Crippen molar-refractivity contribution in [2.45, 2.75) is 246 Å². The summed E-state index contributed by atoms with van der Waals surface area (Å²) in [5, 5.41) is 141. The second-order valence-corrected chi connectivity index (χ2v) is 40.8. The van der Waals surface area contributed by atoms with E-state index in [2.05, 4.69) is 54.8 Å². The van der Waals surface area contributed by atoms with Crippen LogP contribution in [0.1, 0.15) is 187 Å². The third kappa shape index (κ3) is 28.3. The molecule has 46 nitrogen and oxygen atoms in total. The highest BCUT2D eigenvalue weighted by Crippen LogP contribution is 2.62. The average Bonchev–Trinajstić information content (AvgIpc) is 0.752. The second-order valence-electron chi connectivity index (χ2n) is 36.0. The van der Waals surface area contributed by atoms with Gasteiger partial charge in [0.15, 0.2) is 35.3 Å². The van der Waals surface area contributed by atoms with Crippen molar-refractivity contribution >= 4 is 104 Å². The Morgan fingerprint density at radius 2 is 1.30 bits per heavy atom. The zero-order valence-electron chi connectivity index (χ0n) is 78.4. The van der Waals surface area contributed by atoms with Crippen molar-refractivity contribution in [1.82, 2.24) is 52.8 Å². The van der Waals surface area contributed by atoms with Gasteiger partial charge in [0.25, 0.3) is 0 Å². The summed E-state index contributed by atoms with van der Waals surface area (Å²) in [6, 6.07) is 1.41. The first-order valence-electron chi connectivity index (χ1n) is 46.1. The fourth-order valence-electron chi connectivity index (χ4n) is 17.1. The molecular weight excluding hydrogens is 1960 g/mol. The van der Waals surface area contributed by atoms with Gasteiger partial charge in [0, 0.05) is 48.2 Å². The number of aldehydes is 1. The van der Waals surface area contributed by atoms with Crippen LogP contribution in [0.3, 0.4) is 0 Å². The number of nitrogens with zero attached hydrogens (tertiary/aromatic N) is 1. The number of nitrogens with one attached hydrogen (secondary N) is 9. The number of likely N-dealkylation sites (N-methyl/N-ethyl adjacent to an activating group) is 1. The molecule has 0 aliphatic carbocycles. The number of carboxylic acid groups (broad SMARTS) is 1. The SMILES string of the molecule is CCCCCCCCCCNCCNC1(C)CC(OC2C(Oc3c4cc5cc3Oc3ccc(cc3Cl)[C@H](O)C(NC(=O)C(CC(C)C)NC)C(=O)NC(CC(N)=O)C(=O)NC5C(=O)NC3C(=O)NC(C(=O)N[C@@H](C(=O)O)c5cc(O)c(CN(CC=O)C(=O)OCc6ccc(OC(=O)CCC(P(=O)(O)O)P(=O)(O)O)cc6)c(O)c5-c5cc3ccc5O)[C@H](O)c3ccc(c(Cl)c3)O4)OC(CO)C(O)C2O)OC(C)C1O. The van der Waals surface area contributed by atoms with Gasteiger partial charge in [-0.1, -0.05) is 119 Å². The largest absolute Gasteiger partial charge is 0.507 e. The Kier molecular flexibility index (Phi) is 38.8. The number of aromatic hydroxyl groups is 3. The molecule has 13 rings (SSSR count). The van der Waals surface area contributed by atoms with E-state index in [-0.39, 0.29) is 41.9 Å². The van der Waals surface area contributed by atoms with Gasteiger partial charge < -0.3 is 167 Å². The molecule has 2 fully saturated rings. The van der Waals surface area contributed by atoms with Gasteiger partial charge >= 0.3 is 33.2 Å². The van der Waals surface area contributed by atoms with Crippen LogP contribution in [0.2, 0.25) is 10.0 Å². The Bertz CT molecular complexity index is 5700. The smallest absolute Gasteiger partial charge is 0.410 e. The molecular formula is C93H119Cl2N11O35P2. The van der Waals surface area contributed by atoms with E-state index in [0.717, 1.165) is 111 Å². The number of hydrogen-bond donors (Lipinski definition) is 24. The number of halogens is 2. The fraction of sp³-hybridized carbons (Fsp3) is 0.495. The Balaban J connectivity index is 1.05. The van der Waals surface area contributed by atoms with Gasteiger partial charge in [0.2, 0.25) is 53.4 Å². The minimum atomic E-state index is -5.40. The van der Waals surface area contributed by atoms with Crippen LogP contribution in [-0.4, -0.2) is 265 Å². The molecule has 7 aliphatic heterocycles. The molecule has 6 aromatic carbocycles. The fourth-order valence-corrected chi connectivity index (χ4v) is 20.1. The number of esters is 1. The number of carbonyl (C=O) groups excluding carboxylic acids is 10. The highest BCUT2D eigenvalue weighted by molar-refractivity contribution is 7.70. The number of primary amides is 1. The monoisotopic (exact) mass is 2080 g/mol. The van der Waals surface area contributed by atoms with Crippen LogP contribution >= 0.6 is 38.4 Å². The van der Waals surface area contributed by atoms with Crippen molar-refractivity contribution in [3.8, 4) is 62.9 Å². The lowest BCUT2D eigenvalue weighted by Gasteiger charge is -2.48. The van der Waals surface area contributed by atoms with Crippen molar-refractivity contribution in [2.75, 3.05) is 39.8 Å². The summed E-state index contributed by atoms with van der Waals surface area (Å²) in [5.74, 6) is -19.5. The van der Waals surface area contributed by atoms with Crippen LogP contribution in [0.15, 0.2) is 97.1 Å². The van der Waals surface area contributed by atoms with Crippen molar-refractivity contribution in [2.24, 2.45) is 11.7 Å². The number of carbonyl (C=O) groups is 11. The van der Waals surface area contributed by atoms with Crippen LogP contribution in [0.4, 0.5) is 4.79 Å². The Morgan fingerprint density at radius 1 is 0.692 bits per heavy atom. The molecule has 2 saturated heterocycles. The van der Waals surface area contributed by atoms with Gasteiger partial charge in [0.1, 0.15) is 108 Å². The van der Waals surface area contributed by atoms with Crippen molar-refractivity contribution in [3.63, 3.8) is 0 Å². The number of nitrogens with two attached hydrogens (primary N) is 1. The zero-order valence-corrected chi connectivity index (χ0v) is 81.7. The van der Waals surface area contributed by atoms with E-state index in [1.54, 1.807) is 27.7 Å².